The van der Waals surface area contributed by atoms with Gasteiger partial charge in [0.05, 0.1) is 12.7 Å². The van der Waals surface area contributed by atoms with Gasteiger partial charge in [0.15, 0.2) is 0 Å². The molecule has 13 heavy (non-hydrogen) atoms. The number of rotatable bonds is 1. The predicted molar refractivity (Wildman–Crippen MR) is 55.7 cm³/mol. The van der Waals surface area contributed by atoms with E-state index >= 15 is 0 Å². The Morgan fingerprint density at radius 2 is 2.08 bits per heavy atom. The third-order valence-electron chi connectivity index (χ3n) is 2.17. The number of hydrogen-bond acceptors (Lipinski definition) is 2. The number of morpholine rings is 1. The summed E-state index contributed by atoms with van der Waals surface area (Å²) in [5, 5.41) is 3.31. The van der Waals surface area contributed by atoms with E-state index in [1.54, 1.807) is 0 Å². The molecule has 1 heterocycles. The van der Waals surface area contributed by atoms with Crippen molar-refractivity contribution < 1.29 is 4.74 Å². The molecule has 0 saturated carbocycles. The van der Waals surface area contributed by atoms with Gasteiger partial charge in [-0.05, 0) is 17.7 Å². The van der Waals surface area contributed by atoms with Crippen molar-refractivity contribution in [3.05, 3.63) is 34.3 Å². The molecule has 2 nitrogen and oxygen atoms in total. The Morgan fingerprint density at radius 3 is 2.69 bits per heavy atom. The largest absolute Gasteiger partial charge is 0.371 e. The van der Waals surface area contributed by atoms with E-state index in [0.29, 0.717) is 0 Å². The first-order valence-electron chi connectivity index (χ1n) is 4.44. The van der Waals surface area contributed by atoms with Crippen molar-refractivity contribution in [2.24, 2.45) is 0 Å². The van der Waals surface area contributed by atoms with Crippen molar-refractivity contribution >= 4 is 15.9 Å². The maximum Gasteiger partial charge on any atom is 0.0949 e. The van der Waals surface area contributed by atoms with Gasteiger partial charge in [0.25, 0.3) is 0 Å². The molecular formula is C10H12BrNO. The molecule has 1 atom stereocenters. The van der Waals surface area contributed by atoms with Gasteiger partial charge in [0, 0.05) is 17.6 Å². The van der Waals surface area contributed by atoms with Gasteiger partial charge in [-0.15, -0.1) is 0 Å². The van der Waals surface area contributed by atoms with Crippen LogP contribution in [0.1, 0.15) is 11.7 Å². The third-order valence-corrected chi connectivity index (χ3v) is 2.70. The fourth-order valence-electron chi connectivity index (χ4n) is 1.46. The summed E-state index contributed by atoms with van der Waals surface area (Å²) >= 11 is 3.41. The van der Waals surface area contributed by atoms with Gasteiger partial charge < -0.3 is 10.1 Å². The molecule has 0 spiro atoms. The Morgan fingerprint density at radius 1 is 1.31 bits per heavy atom. The molecule has 1 aliphatic heterocycles. The number of ether oxygens (including phenoxy) is 1. The standard InChI is InChI=1S/C10H12BrNO/c11-9-3-1-8(2-4-9)10-7-12-5-6-13-10/h1-4,10,12H,5-7H2/t10-/m1/s1. The zero-order valence-corrected chi connectivity index (χ0v) is 8.88. The van der Waals surface area contributed by atoms with Crippen LogP contribution < -0.4 is 5.32 Å². The third kappa shape index (κ3) is 2.30. The maximum atomic E-state index is 5.63. The van der Waals surface area contributed by atoms with Crippen molar-refractivity contribution in [1.29, 1.82) is 0 Å². The summed E-state index contributed by atoms with van der Waals surface area (Å²) in [6.45, 7) is 2.69. The number of halogens is 1. The molecule has 1 aliphatic rings. The lowest BCUT2D eigenvalue weighted by molar-refractivity contribution is 0.0277. The zero-order valence-electron chi connectivity index (χ0n) is 7.29. The van der Waals surface area contributed by atoms with Crippen LogP contribution in [0, 0.1) is 0 Å². The van der Waals surface area contributed by atoms with Crippen molar-refractivity contribution in [3.8, 4) is 0 Å². The summed E-state index contributed by atoms with van der Waals surface area (Å²) in [5.74, 6) is 0. The molecule has 0 aromatic heterocycles. The first kappa shape index (κ1) is 9.19. The van der Waals surface area contributed by atoms with Crippen molar-refractivity contribution in [2.45, 2.75) is 6.10 Å². The van der Waals surface area contributed by atoms with E-state index in [0.717, 1.165) is 24.2 Å². The molecule has 1 saturated heterocycles. The summed E-state index contributed by atoms with van der Waals surface area (Å²) in [6.07, 6.45) is 0.224. The molecule has 2 rings (SSSR count). The lowest BCUT2D eigenvalue weighted by atomic mass is 10.1. The molecule has 0 aliphatic carbocycles. The van der Waals surface area contributed by atoms with Gasteiger partial charge >= 0.3 is 0 Å². The van der Waals surface area contributed by atoms with Crippen LogP contribution in [0.25, 0.3) is 0 Å². The molecule has 0 bridgehead atoms. The van der Waals surface area contributed by atoms with Crippen molar-refractivity contribution in [3.63, 3.8) is 0 Å². The Bertz CT molecular complexity index is 267. The fourth-order valence-corrected chi connectivity index (χ4v) is 1.72. The second-order valence-electron chi connectivity index (χ2n) is 3.12. The molecule has 0 amide bonds. The molecule has 1 fully saturated rings. The summed E-state index contributed by atoms with van der Waals surface area (Å²) in [7, 11) is 0. The zero-order chi connectivity index (χ0) is 9.10. The minimum Gasteiger partial charge on any atom is -0.371 e. The molecule has 1 N–H and O–H groups in total. The number of nitrogens with one attached hydrogen (secondary N) is 1. The highest BCUT2D eigenvalue weighted by molar-refractivity contribution is 9.10. The van der Waals surface area contributed by atoms with E-state index < -0.39 is 0 Å². The maximum absolute atomic E-state index is 5.63. The van der Waals surface area contributed by atoms with Gasteiger partial charge in [-0.3, -0.25) is 0 Å². The second kappa shape index (κ2) is 4.22. The van der Waals surface area contributed by atoms with Gasteiger partial charge in [-0.1, -0.05) is 28.1 Å². The Balaban J connectivity index is 2.10. The van der Waals surface area contributed by atoms with Crippen LogP contribution >= 0.6 is 15.9 Å². The highest BCUT2D eigenvalue weighted by Gasteiger charge is 2.14. The topological polar surface area (TPSA) is 21.3 Å². The SMILES string of the molecule is Brc1ccc([C@H]2CNCCO2)cc1. The van der Waals surface area contributed by atoms with Crippen LogP contribution in [0.15, 0.2) is 28.7 Å². The molecular weight excluding hydrogens is 230 g/mol. The Kier molecular flexibility index (Phi) is 2.98. The molecule has 1 aromatic rings. The predicted octanol–water partition coefficient (Wildman–Crippen LogP) is 2.11. The average molecular weight is 242 g/mol. The highest BCUT2D eigenvalue weighted by Crippen LogP contribution is 2.20. The normalized spacial score (nSPS) is 23.0. The Hall–Kier alpha value is -0.380. The van der Waals surface area contributed by atoms with E-state index in [1.807, 2.05) is 12.1 Å². The van der Waals surface area contributed by atoms with E-state index in [4.69, 9.17) is 4.74 Å². The molecule has 0 radical (unpaired) electrons. The van der Waals surface area contributed by atoms with Crippen LogP contribution in [-0.4, -0.2) is 19.7 Å². The van der Waals surface area contributed by atoms with Crippen LogP contribution in [-0.2, 0) is 4.74 Å². The van der Waals surface area contributed by atoms with Crippen LogP contribution in [0.5, 0.6) is 0 Å². The summed E-state index contributed by atoms with van der Waals surface area (Å²) in [5.41, 5.74) is 1.25. The lowest BCUT2D eigenvalue weighted by Crippen LogP contribution is -2.33. The Labute approximate surface area is 86.4 Å². The van der Waals surface area contributed by atoms with Crippen LogP contribution in [0.3, 0.4) is 0 Å². The molecule has 3 heteroatoms. The fraction of sp³-hybridized carbons (Fsp3) is 0.400. The minimum atomic E-state index is 0.224. The monoisotopic (exact) mass is 241 g/mol. The molecule has 0 unspecified atom stereocenters. The highest BCUT2D eigenvalue weighted by atomic mass is 79.9. The van der Waals surface area contributed by atoms with Crippen molar-refractivity contribution in [1.82, 2.24) is 5.32 Å². The van der Waals surface area contributed by atoms with Crippen molar-refractivity contribution in [2.75, 3.05) is 19.7 Å². The minimum absolute atomic E-state index is 0.224. The smallest absolute Gasteiger partial charge is 0.0949 e. The van der Waals surface area contributed by atoms with Gasteiger partial charge in [0.1, 0.15) is 0 Å². The second-order valence-corrected chi connectivity index (χ2v) is 4.03. The van der Waals surface area contributed by atoms with E-state index in [2.05, 4.69) is 33.4 Å². The summed E-state index contributed by atoms with van der Waals surface area (Å²) in [4.78, 5) is 0. The quantitative estimate of drug-likeness (QED) is 0.814. The van der Waals surface area contributed by atoms with E-state index in [9.17, 15) is 0 Å². The number of hydrogen-bond donors (Lipinski definition) is 1. The average Bonchev–Trinajstić information content (AvgIpc) is 2.20. The summed E-state index contributed by atoms with van der Waals surface area (Å²) < 4.78 is 6.74. The van der Waals surface area contributed by atoms with Gasteiger partial charge in [0.2, 0.25) is 0 Å². The first-order valence-corrected chi connectivity index (χ1v) is 5.23. The molecule has 1 aromatic carbocycles. The van der Waals surface area contributed by atoms with Gasteiger partial charge in [-0.25, -0.2) is 0 Å². The summed E-state index contributed by atoms with van der Waals surface area (Å²) in [6, 6.07) is 8.30. The van der Waals surface area contributed by atoms with E-state index in [1.165, 1.54) is 5.56 Å². The van der Waals surface area contributed by atoms with Crippen LogP contribution in [0.2, 0.25) is 0 Å². The van der Waals surface area contributed by atoms with Crippen LogP contribution in [0.4, 0.5) is 0 Å². The first-order chi connectivity index (χ1) is 6.36. The van der Waals surface area contributed by atoms with Gasteiger partial charge in [-0.2, -0.15) is 0 Å². The van der Waals surface area contributed by atoms with E-state index in [-0.39, 0.29) is 6.10 Å². The lowest BCUT2D eigenvalue weighted by Gasteiger charge is -2.23. The molecule has 70 valence electrons. The number of benzene rings is 1.